The van der Waals surface area contributed by atoms with E-state index in [1.54, 1.807) is 13.8 Å². The molecule has 0 aliphatic rings. The molecule has 0 unspecified atom stereocenters. The summed E-state index contributed by atoms with van der Waals surface area (Å²) in [5.41, 5.74) is -0.560. The number of nitrogens with one attached hydrogen (secondary N) is 1. The van der Waals surface area contributed by atoms with Gasteiger partial charge < -0.3 is 24.8 Å². The largest absolute Gasteiger partial charge is 0.480 e. The summed E-state index contributed by atoms with van der Waals surface area (Å²) in [5.74, 6) is -1.06. The number of methoxy groups -OCH3 is 2. The first-order chi connectivity index (χ1) is 8.32. The van der Waals surface area contributed by atoms with Gasteiger partial charge in [0.25, 0.3) is 0 Å². The first kappa shape index (κ1) is 16.7. The van der Waals surface area contributed by atoms with Gasteiger partial charge >= 0.3 is 12.0 Å². The summed E-state index contributed by atoms with van der Waals surface area (Å²) < 4.78 is 9.82. The molecule has 0 bridgehead atoms. The van der Waals surface area contributed by atoms with E-state index < -0.39 is 17.5 Å². The zero-order valence-electron chi connectivity index (χ0n) is 11.4. The third-order valence-electron chi connectivity index (χ3n) is 2.13. The first-order valence-electron chi connectivity index (χ1n) is 5.59. The van der Waals surface area contributed by atoms with E-state index in [0.717, 1.165) is 0 Å². The van der Waals surface area contributed by atoms with Gasteiger partial charge in [-0.1, -0.05) is 0 Å². The fourth-order valence-corrected chi connectivity index (χ4v) is 1.38. The number of aliphatic carboxylic acids is 1. The summed E-state index contributed by atoms with van der Waals surface area (Å²) in [6.45, 7) is 4.07. The summed E-state index contributed by atoms with van der Waals surface area (Å²) in [6, 6.07) is -0.448. The number of carbonyl (C=O) groups excluding carboxylic acids is 1. The first-order valence-corrected chi connectivity index (χ1v) is 5.59. The van der Waals surface area contributed by atoms with Gasteiger partial charge in [-0.2, -0.15) is 0 Å². The fraction of sp³-hybridized carbons (Fsp3) is 0.818. The standard InChI is InChI=1S/C11H22N2O5/c1-11(2,8-18-4)12-10(16)13(5-6-17-3)7-9(14)15/h5-8H2,1-4H3,(H,12,16)(H,14,15). The van der Waals surface area contributed by atoms with Crippen LogP contribution in [0.3, 0.4) is 0 Å². The van der Waals surface area contributed by atoms with Gasteiger partial charge in [0.05, 0.1) is 18.8 Å². The highest BCUT2D eigenvalue weighted by molar-refractivity contribution is 5.80. The third-order valence-corrected chi connectivity index (χ3v) is 2.13. The van der Waals surface area contributed by atoms with Crippen molar-refractivity contribution in [3.8, 4) is 0 Å². The topological polar surface area (TPSA) is 88.1 Å². The molecule has 0 atom stereocenters. The molecule has 2 N–H and O–H groups in total. The molecule has 2 amide bonds. The Hall–Kier alpha value is -1.34. The Morgan fingerprint density at radius 3 is 2.33 bits per heavy atom. The molecule has 7 nitrogen and oxygen atoms in total. The van der Waals surface area contributed by atoms with E-state index in [9.17, 15) is 9.59 Å². The maximum Gasteiger partial charge on any atom is 0.323 e. The van der Waals surface area contributed by atoms with Gasteiger partial charge in [0.15, 0.2) is 0 Å². The molecule has 0 saturated heterocycles. The average Bonchev–Trinajstić information content (AvgIpc) is 2.22. The summed E-state index contributed by atoms with van der Waals surface area (Å²) in [6.07, 6.45) is 0. The number of nitrogens with zero attached hydrogens (tertiary/aromatic N) is 1. The summed E-state index contributed by atoms with van der Waals surface area (Å²) >= 11 is 0. The van der Waals surface area contributed by atoms with Crippen LogP contribution in [-0.2, 0) is 14.3 Å². The molecular formula is C11H22N2O5. The number of amides is 2. The normalized spacial score (nSPS) is 11.1. The number of hydrogen-bond acceptors (Lipinski definition) is 4. The predicted molar refractivity (Wildman–Crippen MR) is 65.6 cm³/mol. The van der Waals surface area contributed by atoms with Crippen LogP contribution in [0.25, 0.3) is 0 Å². The number of ether oxygens (including phenoxy) is 2. The fourth-order valence-electron chi connectivity index (χ4n) is 1.38. The minimum atomic E-state index is -1.06. The van der Waals surface area contributed by atoms with Crippen LogP contribution in [0.15, 0.2) is 0 Å². The maximum absolute atomic E-state index is 11.9. The third kappa shape index (κ3) is 7.08. The second-order valence-corrected chi connectivity index (χ2v) is 4.56. The Kier molecular flexibility index (Phi) is 7.30. The molecule has 0 aromatic heterocycles. The van der Waals surface area contributed by atoms with Crippen LogP contribution in [0.5, 0.6) is 0 Å². The van der Waals surface area contributed by atoms with Crippen molar-refractivity contribution in [3.05, 3.63) is 0 Å². The molecule has 7 heteroatoms. The van der Waals surface area contributed by atoms with Gasteiger partial charge in [0.2, 0.25) is 0 Å². The van der Waals surface area contributed by atoms with Gasteiger partial charge in [-0.05, 0) is 13.8 Å². The van der Waals surface area contributed by atoms with Crippen LogP contribution in [0.4, 0.5) is 4.79 Å². The molecular weight excluding hydrogens is 240 g/mol. The zero-order chi connectivity index (χ0) is 14.2. The predicted octanol–water partition coefficient (Wildman–Crippen LogP) is 0.154. The van der Waals surface area contributed by atoms with E-state index >= 15 is 0 Å². The lowest BCUT2D eigenvalue weighted by Gasteiger charge is -2.29. The minimum absolute atomic E-state index is 0.220. The van der Waals surface area contributed by atoms with E-state index in [2.05, 4.69) is 5.32 Å². The summed E-state index contributed by atoms with van der Waals surface area (Å²) in [4.78, 5) is 23.8. The Bertz CT molecular complexity index is 281. The highest BCUT2D eigenvalue weighted by Gasteiger charge is 2.24. The molecule has 0 heterocycles. The molecule has 0 fully saturated rings. The second-order valence-electron chi connectivity index (χ2n) is 4.56. The van der Waals surface area contributed by atoms with Crippen LogP contribution in [0.1, 0.15) is 13.8 Å². The van der Waals surface area contributed by atoms with Crippen molar-refractivity contribution < 1.29 is 24.2 Å². The Balaban J connectivity index is 4.49. The molecule has 0 aromatic rings. The molecule has 0 aliphatic carbocycles. The van der Waals surface area contributed by atoms with Crippen molar-refractivity contribution in [1.29, 1.82) is 0 Å². The van der Waals surface area contributed by atoms with E-state index in [1.807, 2.05) is 0 Å². The Morgan fingerprint density at radius 1 is 1.28 bits per heavy atom. The van der Waals surface area contributed by atoms with E-state index in [1.165, 1.54) is 19.1 Å². The van der Waals surface area contributed by atoms with E-state index in [-0.39, 0.29) is 19.7 Å². The molecule has 0 saturated carbocycles. The monoisotopic (exact) mass is 262 g/mol. The van der Waals surface area contributed by atoms with Crippen LogP contribution in [0.2, 0.25) is 0 Å². The van der Waals surface area contributed by atoms with Crippen molar-refractivity contribution in [3.63, 3.8) is 0 Å². The molecule has 106 valence electrons. The van der Waals surface area contributed by atoms with Crippen molar-refractivity contribution in [2.45, 2.75) is 19.4 Å². The Labute approximate surface area is 107 Å². The van der Waals surface area contributed by atoms with Gasteiger partial charge in [-0.15, -0.1) is 0 Å². The van der Waals surface area contributed by atoms with Crippen LogP contribution in [0, 0.1) is 0 Å². The van der Waals surface area contributed by atoms with Gasteiger partial charge in [0, 0.05) is 20.8 Å². The van der Waals surface area contributed by atoms with Gasteiger partial charge in [-0.3, -0.25) is 4.79 Å². The summed E-state index contributed by atoms with van der Waals surface area (Å²) in [7, 11) is 3.03. The lowest BCUT2D eigenvalue weighted by molar-refractivity contribution is -0.137. The van der Waals surface area contributed by atoms with E-state index in [0.29, 0.717) is 6.61 Å². The van der Waals surface area contributed by atoms with E-state index in [4.69, 9.17) is 14.6 Å². The maximum atomic E-state index is 11.9. The smallest absolute Gasteiger partial charge is 0.323 e. The van der Waals surface area contributed by atoms with Crippen LogP contribution in [-0.4, -0.2) is 68.1 Å². The number of carbonyl (C=O) groups is 2. The highest BCUT2D eigenvalue weighted by atomic mass is 16.5. The molecule has 0 aliphatic heterocycles. The Morgan fingerprint density at radius 2 is 1.89 bits per heavy atom. The quantitative estimate of drug-likeness (QED) is 0.650. The van der Waals surface area contributed by atoms with Gasteiger partial charge in [-0.25, -0.2) is 4.79 Å². The molecule has 0 spiro atoms. The van der Waals surface area contributed by atoms with Crippen molar-refractivity contribution in [1.82, 2.24) is 10.2 Å². The average molecular weight is 262 g/mol. The minimum Gasteiger partial charge on any atom is -0.480 e. The van der Waals surface area contributed by atoms with Crippen molar-refractivity contribution in [2.24, 2.45) is 0 Å². The molecule has 18 heavy (non-hydrogen) atoms. The number of carboxylic acids is 1. The molecule has 0 rings (SSSR count). The van der Waals surface area contributed by atoms with Crippen LogP contribution >= 0.6 is 0 Å². The van der Waals surface area contributed by atoms with Crippen LogP contribution < -0.4 is 5.32 Å². The number of urea groups is 1. The lowest BCUT2D eigenvalue weighted by Crippen LogP contribution is -2.53. The summed E-state index contributed by atoms with van der Waals surface area (Å²) in [5, 5.41) is 11.5. The lowest BCUT2D eigenvalue weighted by atomic mass is 10.1. The number of hydrogen-bond donors (Lipinski definition) is 2. The number of rotatable bonds is 8. The van der Waals surface area contributed by atoms with Gasteiger partial charge in [0.1, 0.15) is 6.54 Å². The number of carboxylic acid groups (broad SMARTS) is 1. The SMILES string of the molecule is COCCN(CC(=O)O)C(=O)NC(C)(C)COC. The zero-order valence-corrected chi connectivity index (χ0v) is 11.4. The molecule has 0 aromatic carbocycles. The van der Waals surface area contributed by atoms with Crippen molar-refractivity contribution in [2.75, 3.05) is 40.5 Å². The molecule has 0 radical (unpaired) electrons. The second kappa shape index (κ2) is 7.88. The highest BCUT2D eigenvalue weighted by Crippen LogP contribution is 2.04. The van der Waals surface area contributed by atoms with Crippen molar-refractivity contribution >= 4 is 12.0 Å².